The minimum absolute atomic E-state index is 0.795. The van der Waals surface area contributed by atoms with E-state index in [1.807, 2.05) is 0 Å². The molecule has 1 heterocycles. The van der Waals surface area contributed by atoms with Crippen LogP contribution in [0.2, 0.25) is 0 Å². The molecule has 0 spiro atoms. The topological polar surface area (TPSA) is 163 Å². The number of hydrogen-bond donors (Lipinski definition) is 0. The molecule has 0 aliphatic carbocycles. The van der Waals surface area contributed by atoms with E-state index >= 15 is 0 Å². The molecule has 1 rings (SSSR count). The van der Waals surface area contributed by atoms with E-state index in [9.17, 15) is 19.2 Å². The van der Waals surface area contributed by atoms with Gasteiger partial charge in [0.2, 0.25) is 12.4 Å². The number of ether oxygens (including phenoxy) is 5. The third-order valence-corrected chi connectivity index (χ3v) is 2.82. The minimum atomic E-state index is -1.55. The van der Waals surface area contributed by atoms with E-state index in [2.05, 4.69) is 10.0 Å². The molecule has 0 radical (unpaired) electrons. The van der Waals surface area contributed by atoms with Crippen LogP contribution in [0.25, 0.3) is 10.4 Å². The number of esters is 4. The van der Waals surface area contributed by atoms with Gasteiger partial charge in [0.05, 0.1) is 0 Å². The largest absolute Gasteiger partial charge is 0.455 e. The summed E-state index contributed by atoms with van der Waals surface area (Å²) in [6.07, 6.45) is -7.34. The average molecular weight is 359 g/mol. The maximum atomic E-state index is 11.4. The van der Waals surface area contributed by atoms with Crippen LogP contribution in [0.4, 0.5) is 0 Å². The van der Waals surface area contributed by atoms with E-state index < -0.39 is 54.7 Å². The zero-order valence-corrected chi connectivity index (χ0v) is 13.9. The van der Waals surface area contributed by atoms with Crippen molar-refractivity contribution in [1.29, 1.82) is 0 Å². The summed E-state index contributed by atoms with van der Waals surface area (Å²) in [6, 6.07) is 0. The Morgan fingerprint density at radius 2 is 1.24 bits per heavy atom. The highest BCUT2D eigenvalue weighted by atomic mass is 16.7. The van der Waals surface area contributed by atoms with Gasteiger partial charge in [0.1, 0.15) is 0 Å². The smallest absolute Gasteiger partial charge is 0.305 e. The molecular formula is C13H17N3O9. The first-order chi connectivity index (χ1) is 11.6. The third kappa shape index (κ3) is 5.94. The van der Waals surface area contributed by atoms with Gasteiger partial charge in [-0.25, -0.2) is 0 Å². The molecule has 0 bridgehead atoms. The Kier molecular flexibility index (Phi) is 7.15. The molecule has 1 saturated heterocycles. The summed E-state index contributed by atoms with van der Waals surface area (Å²) in [5.74, 6) is -3.19. The van der Waals surface area contributed by atoms with Gasteiger partial charge in [-0.05, 0) is 5.53 Å². The van der Waals surface area contributed by atoms with Crippen LogP contribution in [-0.4, -0.2) is 54.7 Å². The fourth-order valence-electron chi connectivity index (χ4n) is 2.16. The molecule has 138 valence electrons. The lowest BCUT2D eigenvalue weighted by molar-refractivity contribution is -0.294. The highest BCUT2D eigenvalue weighted by Crippen LogP contribution is 2.30. The van der Waals surface area contributed by atoms with Crippen molar-refractivity contribution in [3.63, 3.8) is 0 Å². The standard InChI is InChI=1S/C13H17N3O9/c1-5(17)21-9-10(22-6(2)18)12(15-16-14)25-13(24-8(4)20)11(9)23-7(3)19/h9-13H,1-4H3/t9-,10-,11+,12-,13+/m1/s1. The van der Waals surface area contributed by atoms with Gasteiger partial charge in [-0.15, -0.1) is 0 Å². The zero-order valence-electron chi connectivity index (χ0n) is 13.9. The van der Waals surface area contributed by atoms with Crippen LogP contribution in [-0.2, 0) is 42.9 Å². The fraction of sp³-hybridized carbons (Fsp3) is 0.692. The Labute approximate surface area is 141 Å². The van der Waals surface area contributed by atoms with E-state index in [0.717, 1.165) is 27.7 Å². The maximum absolute atomic E-state index is 11.4. The molecule has 0 N–H and O–H groups in total. The zero-order chi connectivity index (χ0) is 19.1. The summed E-state index contributed by atoms with van der Waals surface area (Å²) in [4.78, 5) is 47.9. The van der Waals surface area contributed by atoms with Crippen molar-refractivity contribution in [3.05, 3.63) is 10.4 Å². The second-order valence-electron chi connectivity index (χ2n) is 4.93. The third-order valence-electron chi connectivity index (χ3n) is 2.82. The summed E-state index contributed by atoms with van der Waals surface area (Å²) in [5.41, 5.74) is 8.66. The lowest BCUT2D eigenvalue weighted by atomic mass is 10.0. The molecule has 0 amide bonds. The molecule has 0 unspecified atom stereocenters. The lowest BCUT2D eigenvalue weighted by Crippen LogP contribution is -2.61. The van der Waals surface area contributed by atoms with Crippen molar-refractivity contribution >= 4 is 23.9 Å². The molecule has 12 nitrogen and oxygen atoms in total. The highest BCUT2D eigenvalue weighted by molar-refractivity contribution is 5.69. The summed E-state index contributed by atoms with van der Waals surface area (Å²) >= 11 is 0. The van der Waals surface area contributed by atoms with Crippen LogP contribution < -0.4 is 0 Å². The first-order valence-electron chi connectivity index (χ1n) is 7.04. The molecule has 25 heavy (non-hydrogen) atoms. The minimum Gasteiger partial charge on any atom is -0.455 e. The van der Waals surface area contributed by atoms with Gasteiger partial charge < -0.3 is 23.7 Å². The number of azide groups is 1. The van der Waals surface area contributed by atoms with E-state index in [0.29, 0.717) is 0 Å². The summed E-state index contributed by atoms with van der Waals surface area (Å²) in [5, 5.41) is 3.30. The van der Waals surface area contributed by atoms with Crippen LogP contribution in [0.1, 0.15) is 27.7 Å². The van der Waals surface area contributed by atoms with Crippen LogP contribution >= 0.6 is 0 Å². The first-order valence-corrected chi connectivity index (χ1v) is 7.04. The molecule has 1 aliphatic rings. The number of carbonyl (C=O) groups excluding carboxylic acids is 4. The fourth-order valence-corrected chi connectivity index (χ4v) is 2.16. The predicted octanol–water partition coefficient (Wildman–Crippen LogP) is 0.337. The van der Waals surface area contributed by atoms with Crippen molar-refractivity contribution in [3.8, 4) is 0 Å². The van der Waals surface area contributed by atoms with Gasteiger partial charge in [-0.1, -0.05) is 5.11 Å². The van der Waals surface area contributed by atoms with Crippen LogP contribution in [0.15, 0.2) is 5.11 Å². The van der Waals surface area contributed by atoms with Crippen LogP contribution in [0, 0.1) is 0 Å². The van der Waals surface area contributed by atoms with Crippen molar-refractivity contribution in [1.82, 2.24) is 0 Å². The van der Waals surface area contributed by atoms with Crippen LogP contribution in [0.5, 0.6) is 0 Å². The number of carbonyl (C=O) groups is 4. The second kappa shape index (κ2) is 8.85. The summed E-state index contributed by atoms with van der Waals surface area (Å²) in [7, 11) is 0. The molecule has 0 aromatic heterocycles. The first kappa shape index (κ1) is 20.2. The predicted molar refractivity (Wildman–Crippen MR) is 76.2 cm³/mol. The number of nitrogens with zero attached hydrogens (tertiary/aromatic N) is 3. The highest BCUT2D eigenvalue weighted by Gasteiger charge is 2.53. The molecular weight excluding hydrogens is 342 g/mol. The molecule has 1 aliphatic heterocycles. The monoisotopic (exact) mass is 359 g/mol. The molecule has 1 fully saturated rings. The Morgan fingerprint density at radius 3 is 1.68 bits per heavy atom. The second-order valence-corrected chi connectivity index (χ2v) is 4.93. The van der Waals surface area contributed by atoms with Gasteiger partial charge in [-0.2, -0.15) is 0 Å². The maximum Gasteiger partial charge on any atom is 0.305 e. The molecule has 12 heteroatoms. The van der Waals surface area contributed by atoms with E-state index in [1.165, 1.54) is 0 Å². The number of hydrogen-bond acceptors (Lipinski definition) is 10. The summed E-state index contributed by atoms with van der Waals surface area (Å²) in [6.45, 7) is 4.26. The molecule has 0 aromatic carbocycles. The van der Waals surface area contributed by atoms with E-state index in [-0.39, 0.29) is 0 Å². The molecule has 0 saturated carbocycles. The van der Waals surface area contributed by atoms with Crippen molar-refractivity contribution in [2.24, 2.45) is 5.11 Å². The van der Waals surface area contributed by atoms with Gasteiger partial charge in [0.25, 0.3) is 0 Å². The Morgan fingerprint density at radius 1 is 0.800 bits per heavy atom. The van der Waals surface area contributed by atoms with E-state index in [4.69, 9.17) is 29.2 Å². The van der Waals surface area contributed by atoms with Crippen molar-refractivity contribution < 1.29 is 42.9 Å². The number of rotatable bonds is 5. The Balaban J connectivity index is 3.33. The normalized spacial score (nSPS) is 28.1. The van der Waals surface area contributed by atoms with Crippen molar-refractivity contribution in [2.75, 3.05) is 0 Å². The molecule has 5 atom stereocenters. The van der Waals surface area contributed by atoms with Gasteiger partial charge >= 0.3 is 23.9 Å². The lowest BCUT2D eigenvalue weighted by Gasteiger charge is -2.42. The SMILES string of the molecule is CC(=O)O[C@H]1O[C@@H](N=[N+]=[N-])[C@H](OC(C)=O)[C@@H](OC(C)=O)[C@@H]1OC(C)=O. The Bertz CT molecular complexity index is 602. The molecule has 0 aromatic rings. The van der Waals surface area contributed by atoms with Gasteiger partial charge in [0.15, 0.2) is 18.4 Å². The van der Waals surface area contributed by atoms with Crippen molar-refractivity contribution in [2.45, 2.75) is 58.5 Å². The van der Waals surface area contributed by atoms with Crippen LogP contribution in [0.3, 0.4) is 0 Å². The summed E-state index contributed by atoms with van der Waals surface area (Å²) < 4.78 is 25.2. The quantitative estimate of drug-likeness (QED) is 0.221. The Hall–Kier alpha value is -2.85. The van der Waals surface area contributed by atoms with Gasteiger partial charge in [-0.3, -0.25) is 19.2 Å². The van der Waals surface area contributed by atoms with E-state index in [1.54, 1.807) is 0 Å². The average Bonchev–Trinajstić information content (AvgIpc) is 2.45. The van der Waals surface area contributed by atoms with Gasteiger partial charge in [0, 0.05) is 32.6 Å².